The third-order valence-electron chi connectivity index (χ3n) is 4.95. The Morgan fingerprint density at radius 3 is 2.64 bits per heavy atom. The first-order chi connectivity index (χ1) is 13.6. The van der Waals surface area contributed by atoms with Crippen LogP contribution in [0.15, 0.2) is 49.1 Å². The maximum atomic E-state index is 12.8. The standard InChI is InChI=1S/C21H26ClN3O2S/c1-3-10-25(15-19-8-9-20(22)28-19)16(2)21(26)23-17-4-6-18(7-5-17)24-11-13-27-14-12-24/h3-9,16H,1,10-15H2,2H3,(H,23,26)/p+1/t16-/m0/s1. The van der Waals surface area contributed by atoms with Gasteiger partial charge in [0.15, 0.2) is 6.04 Å². The van der Waals surface area contributed by atoms with Gasteiger partial charge >= 0.3 is 0 Å². The van der Waals surface area contributed by atoms with Gasteiger partial charge in [0.1, 0.15) is 6.54 Å². The van der Waals surface area contributed by atoms with Gasteiger partial charge in [-0.15, -0.1) is 11.3 Å². The smallest absolute Gasteiger partial charge is 0.282 e. The molecule has 1 aromatic carbocycles. The summed E-state index contributed by atoms with van der Waals surface area (Å²) in [6.07, 6.45) is 1.85. The molecule has 0 saturated carbocycles. The molecule has 1 aliphatic heterocycles. The van der Waals surface area contributed by atoms with Crippen molar-refractivity contribution in [2.24, 2.45) is 0 Å². The fourth-order valence-electron chi connectivity index (χ4n) is 3.27. The number of rotatable bonds is 8. The predicted molar refractivity (Wildman–Crippen MR) is 117 cm³/mol. The summed E-state index contributed by atoms with van der Waals surface area (Å²) in [7, 11) is 0. The molecule has 1 saturated heterocycles. The lowest BCUT2D eigenvalue weighted by Gasteiger charge is -2.29. The zero-order valence-corrected chi connectivity index (χ0v) is 17.7. The molecule has 2 N–H and O–H groups in total. The van der Waals surface area contributed by atoms with E-state index in [1.54, 1.807) is 11.3 Å². The van der Waals surface area contributed by atoms with Gasteiger partial charge in [0.2, 0.25) is 0 Å². The molecule has 0 aliphatic carbocycles. The van der Waals surface area contributed by atoms with E-state index >= 15 is 0 Å². The van der Waals surface area contributed by atoms with Crippen LogP contribution in [0, 0.1) is 0 Å². The SMILES string of the molecule is C=CC[NH+](Cc1ccc(Cl)s1)[C@@H](C)C(=O)Nc1ccc(N2CCOCC2)cc1. The number of carbonyl (C=O) groups is 1. The molecule has 2 aromatic rings. The minimum atomic E-state index is -0.210. The van der Waals surface area contributed by atoms with Crippen LogP contribution in [0.4, 0.5) is 11.4 Å². The molecule has 3 rings (SSSR count). The molecule has 1 amide bonds. The van der Waals surface area contributed by atoms with E-state index in [1.807, 2.05) is 49.4 Å². The largest absolute Gasteiger partial charge is 0.378 e. The number of ether oxygens (including phenoxy) is 1. The Morgan fingerprint density at radius 2 is 2.04 bits per heavy atom. The average molecular weight is 421 g/mol. The van der Waals surface area contributed by atoms with Crippen molar-refractivity contribution < 1.29 is 14.4 Å². The van der Waals surface area contributed by atoms with Crippen LogP contribution in [0.3, 0.4) is 0 Å². The molecule has 28 heavy (non-hydrogen) atoms. The van der Waals surface area contributed by atoms with Crippen molar-refractivity contribution in [3.8, 4) is 0 Å². The number of nitrogens with zero attached hydrogens (tertiary/aromatic N) is 1. The van der Waals surface area contributed by atoms with E-state index in [4.69, 9.17) is 16.3 Å². The molecule has 5 nitrogen and oxygen atoms in total. The quantitative estimate of drug-likeness (QED) is 0.645. The summed E-state index contributed by atoms with van der Waals surface area (Å²) in [5.74, 6) is -0.00127. The lowest BCUT2D eigenvalue weighted by molar-refractivity contribution is -0.921. The summed E-state index contributed by atoms with van der Waals surface area (Å²) in [6, 6.07) is 11.7. The summed E-state index contributed by atoms with van der Waals surface area (Å²) in [4.78, 5) is 17.4. The van der Waals surface area contributed by atoms with E-state index in [1.165, 1.54) is 0 Å². The lowest BCUT2D eigenvalue weighted by atomic mass is 10.2. The van der Waals surface area contributed by atoms with E-state index in [-0.39, 0.29) is 11.9 Å². The van der Waals surface area contributed by atoms with Crippen molar-refractivity contribution >= 4 is 40.2 Å². The summed E-state index contributed by atoms with van der Waals surface area (Å²) < 4.78 is 6.16. The number of amides is 1. The number of anilines is 2. The van der Waals surface area contributed by atoms with Gasteiger partial charge < -0.3 is 19.9 Å². The fraction of sp³-hybridized carbons (Fsp3) is 0.381. The van der Waals surface area contributed by atoms with E-state index in [9.17, 15) is 4.79 Å². The normalized spacial score (nSPS) is 16.4. The number of carbonyl (C=O) groups excluding carboxylic acids is 1. The lowest BCUT2D eigenvalue weighted by Crippen LogP contribution is -3.15. The second-order valence-corrected chi connectivity index (χ2v) is 8.69. The predicted octanol–water partition coefficient (Wildman–Crippen LogP) is 2.84. The Balaban J connectivity index is 1.60. The molecule has 1 aromatic heterocycles. The maximum absolute atomic E-state index is 12.8. The molecule has 2 atom stereocenters. The molecule has 1 unspecified atom stereocenters. The van der Waals surface area contributed by atoms with Crippen molar-refractivity contribution in [2.45, 2.75) is 19.5 Å². The Kier molecular flexibility index (Phi) is 7.50. The average Bonchev–Trinajstić information content (AvgIpc) is 3.13. The molecule has 0 bridgehead atoms. The van der Waals surface area contributed by atoms with E-state index in [0.29, 0.717) is 6.54 Å². The molecule has 0 radical (unpaired) electrons. The topological polar surface area (TPSA) is 46.0 Å². The number of hydrogen-bond donors (Lipinski definition) is 2. The fourth-order valence-corrected chi connectivity index (χ4v) is 4.41. The molecular weight excluding hydrogens is 394 g/mol. The molecule has 0 spiro atoms. The third-order valence-corrected chi connectivity index (χ3v) is 6.18. The molecule has 1 aliphatic rings. The molecule has 7 heteroatoms. The zero-order valence-electron chi connectivity index (χ0n) is 16.1. The van der Waals surface area contributed by atoms with Crippen LogP contribution < -0.4 is 15.1 Å². The van der Waals surface area contributed by atoms with E-state index in [0.717, 1.165) is 58.3 Å². The van der Waals surface area contributed by atoms with Crippen LogP contribution in [0.5, 0.6) is 0 Å². The van der Waals surface area contributed by atoms with E-state index < -0.39 is 0 Å². The molecule has 1 fully saturated rings. The minimum absolute atomic E-state index is 0.00127. The first-order valence-electron chi connectivity index (χ1n) is 9.50. The van der Waals surface area contributed by atoms with Crippen molar-refractivity contribution in [3.05, 3.63) is 58.3 Å². The minimum Gasteiger partial charge on any atom is -0.378 e. The summed E-state index contributed by atoms with van der Waals surface area (Å²) in [5, 5.41) is 3.04. The Hall–Kier alpha value is -1.86. The second-order valence-electron chi connectivity index (χ2n) is 6.89. The zero-order chi connectivity index (χ0) is 19.9. The highest BCUT2D eigenvalue weighted by Crippen LogP contribution is 2.21. The monoisotopic (exact) mass is 420 g/mol. The molecule has 150 valence electrons. The number of hydrogen-bond acceptors (Lipinski definition) is 4. The first-order valence-corrected chi connectivity index (χ1v) is 10.7. The van der Waals surface area contributed by atoms with Crippen molar-refractivity contribution in [3.63, 3.8) is 0 Å². The van der Waals surface area contributed by atoms with Crippen LogP contribution in [0.1, 0.15) is 11.8 Å². The Morgan fingerprint density at radius 1 is 1.32 bits per heavy atom. The Bertz CT molecular complexity index is 787. The van der Waals surface area contributed by atoms with Gasteiger partial charge in [0.25, 0.3) is 5.91 Å². The number of thiophene rings is 1. The Labute approximate surface area is 175 Å². The highest BCUT2D eigenvalue weighted by atomic mass is 35.5. The van der Waals surface area contributed by atoms with Gasteiger partial charge in [-0.05, 0) is 49.4 Å². The number of morpholine rings is 1. The number of benzene rings is 1. The highest BCUT2D eigenvalue weighted by molar-refractivity contribution is 7.16. The third kappa shape index (κ3) is 5.58. The van der Waals surface area contributed by atoms with Gasteiger partial charge in [-0.1, -0.05) is 18.2 Å². The van der Waals surface area contributed by atoms with Gasteiger partial charge in [-0.25, -0.2) is 0 Å². The van der Waals surface area contributed by atoms with Gasteiger partial charge in [-0.3, -0.25) is 4.79 Å². The number of nitrogens with one attached hydrogen (secondary N) is 2. The number of quaternary nitrogens is 1. The summed E-state index contributed by atoms with van der Waals surface area (Å²) >= 11 is 7.59. The van der Waals surface area contributed by atoms with Crippen LogP contribution in [-0.2, 0) is 16.1 Å². The van der Waals surface area contributed by atoms with Crippen molar-refractivity contribution in [2.75, 3.05) is 43.1 Å². The van der Waals surface area contributed by atoms with Crippen LogP contribution >= 0.6 is 22.9 Å². The second kappa shape index (κ2) is 10.1. The van der Waals surface area contributed by atoms with E-state index in [2.05, 4.69) is 16.8 Å². The number of halogens is 1. The van der Waals surface area contributed by atoms with Crippen molar-refractivity contribution in [1.29, 1.82) is 0 Å². The summed E-state index contributed by atoms with van der Waals surface area (Å²) in [6.45, 7) is 10.6. The summed E-state index contributed by atoms with van der Waals surface area (Å²) in [5.41, 5.74) is 1.97. The van der Waals surface area contributed by atoms with Crippen LogP contribution in [0.25, 0.3) is 0 Å². The van der Waals surface area contributed by atoms with Crippen LogP contribution in [0.2, 0.25) is 4.34 Å². The first kappa shape index (κ1) is 20.9. The van der Waals surface area contributed by atoms with Gasteiger partial charge in [0, 0.05) is 24.5 Å². The molecule has 2 heterocycles. The van der Waals surface area contributed by atoms with Crippen molar-refractivity contribution in [1.82, 2.24) is 0 Å². The highest BCUT2D eigenvalue weighted by Gasteiger charge is 2.25. The van der Waals surface area contributed by atoms with Crippen LogP contribution in [-0.4, -0.2) is 44.8 Å². The van der Waals surface area contributed by atoms with Gasteiger partial charge in [-0.2, -0.15) is 0 Å². The van der Waals surface area contributed by atoms with Gasteiger partial charge in [0.05, 0.1) is 29.0 Å². The maximum Gasteiger partial charge on any atom is 0.282 e. The molecular formula is C21H27ClN3O2S+.